The second-order valence-electron chi connectivity index (χ2n) is 9.06. The SMILES string of the molecule is N[C@@H](CO)c1ccccc1.O=C1OC(=O)c2ccccc21.O=C1c2ccccc2C(=O)N1[C@@H](CO)c1ccccc1. The van der Waals surface area contributed by atoms with Gasteiger partial charge < -0.3 is 20.7 Å². The topological polar surface area (TPSA) is 147 Å². The molecule has 0 unspecified atom stereocenters. The van der Waals surface area contributed by atoms with Crippen molar-refractivity contribution in [2.75, 3.05) is 13.2 Å². The molecule has 2 atom stereocenters. The average Bonchev–Trinajstić information content (AvgIpc) is 3.46. The normalized spacial score (nSPS) is 14.6. The standard InChI is InChI=1S/C16H13NO3.C8H11NO.C8H4O3/c18-10-14(11-6-2-1-3-7-11)17-15(19)12-8-4-5-9-13(12)16(17)20;9-8(6-10)7-4-2-1-3-5-7;9-7-5-3-1-2-4-6(5)8(10)11-7/h1-9,14,18H,10H2;1-5,8,10H,6,9H2;1-4H/t14-;8-;/m00./s1. The summed E-state index contributed by atoms with van der Waals surface area (Å²) in [6, 6.07) is 31.0. The number of imide groups is 1. The van der Waals surface area contributed by atoms with Crippen molar-refractivity contribution >= 4 is 23.8 Å². The number of hydrogen-bond donors (Lipinski definition) is 3. The predicted molar refractivity (Wildman–Crippen MR) is 150 cm³/mol. The highest BCUT2D eigenvalue weighted by Gasteiger charge is 2.40. The number of fused-ring (bicyclic) bond motifs is 2. The third kappa shape index (κ3) is 6.44. The van der Waals surface area contributed by atoms with Crippen molar-refractivity contribution in [3.8, 4) is 0 Å². The molecule has 2 amide bonds. The van der Waals surface area contributed by atoms with E-state index in [-0.39, 0.29) is 31.1 Å². The fourth-order valence-corrected chi connectivity index (χ4v) is 4.34. The number of nitrogens with two attached hydrogens (primary N) is 1. The van der Waals surface area contributed by atoms with Crippen LogP contribution in [0.4, 0.5) is 0 Å². The Bertz CT molecular complexity index is 1470. The Balaban J connectivity index is 0.000000156. The van der Waals surface area contributed by atoms with E-state index in [4.69, 9.17) is 10.8 Å². The maximum atomic E-state index is 12.4. The lowest BCUT2D eigenvalue weighted by atomic mass is 10.1. The second kappa shape index (κ2) is 13.4. The fraction of sp³-hybridized carbons (Fsp3) is 0.125. The number of esters is 2. The molecule has 2 heterocycles. The van der Waals surface area contributed by atoms with Crippen molar-refractivity contribution in [2.24, 2.45) is 5.73 Å². The predicted octanol–water partition coefficient (Wildman–Crippen LogP) is 3.69. The van der Waals surface area contributed by atoms with Gasteiger partial charge in [0.1, 0.15) is 0 Å². The van der Waals surface area contributed by atoms with Crippen molar-refractivity contribution in [1.82, 2.24) is 4.90 Å². The van der Waals surface area contributed by atoms with Gasteiger partial charge in [0.05, 0.1) is 47.6 Å². The van der Waals surface area contributed by atoms with Crippen molar-refractivity contribution < 1.29 is 34.1 Å². The number of nitrogens with zero attached hydrogens (tertiary/aromatic N) is 1. The molecule has 0 bridgehead atoms. The molecule has 0 aliphatic carbocycles. The maximum Gasteiger partial charge on any atom is 0.346 e. The highest BCUT2D eigenvalue weighted by molar-refractivity contribution is 6.21. The monoisotopic (exact) mass is 552 g/mol. The van der Waals surface area contributed by atoms with Crippen LogP contribution in [-0.2, 0) is 4.74 Å². The molecule has 2 aliphatic heterocycles. The number of benzene rings is 4. The number of amides is 2. The van der Waals surface area contributed by atoms with Gasteiger partial charge in [0.15, 0.2) is 0 Å². The molecule has 2 aliphatic rings. The zero-order valence-electron chi connectivity index (χ0n) is 21.9. The number of cyclic esters (lactones) is 2. The molecule has 0 radical (unpaired) electrons. The molecule has 9 nitrogen and oxygen atoms in total. The van der Waals surface area contributed by atoms with Crippen LogP contribution in [0.5, 0.6) is 0 Å². The van der Waals surface area contributed by atoms with Crippen molar-refractivity contribution in [3.63, 3.8) is 0 Å². The van der Waals surface area contributed by atoms with E-state index in [9.17, 15) is 24.3 Å². The van der Waals surface area contributed by atoms with Crippen LogP contribution in [0.3, 0.4) is 0 Å². The number of aliphatic hydroxyl groups excluding tert-OH is 2. The first-order chi connectivity index (χ1) is 19.9. The lowest BCUT2D eigenvalue weighted by molar-refractivity contribution is 0.0440. The van der Waals surface area contributed by atoms with Gasteiger partial charge in [0.25, 0.3) is 11.8 Å². The van der Waals surface area contributed by atoms with Gasteiger partial charge in [0.2, 0.25) is 0 Å². The third-order valence-electron chi connectivity index (χ3n) is 6.47. The lowest BCUT2D eigenvalue weighted by Gasteiger charge is -2.24. The van der Waals surface area contributed by atoms with Crippen LogP contribution in [0.2, 0.25) is 0 Å². The Hall–Kier alpha value is -4.96. The molecule has 4 N–H and O–H groups in total. The molecular weight excluding hydrogens is 524 g/mol. The first-order valence-corrected chi connectivity index (χ1v) is 12.8. The Kier molecular flexibility index (Phi) is 9.49. The number of hydrogen-bond acceptors (Lipinski definition) is 8. The molecule has 0 fully saturated rings. The molecular formula is C32H28N2O7. The van der Waals surface area contributed by atoms with E-state index < -0.39 is 18.0 Å². The van der Waals surface area contributed by atoms with Gasteiger partial charge in [-0.2, -0.15) is 0 Å². The third-order valence-corrected chi connectivity index (χ3v) is 6.47. The summed E-state index contributed by atoms with van der Waals surface area (Å²) in [5.74, 6) is -1.81. The number of ether oxygens (including phenoxy) is 1. The van der Waals surface area contributed by atoms with E-state index in [1.807, 2.05) is 48.5 Å². The van der Waals surface area contributed by atoms with E-state index in [1.165, 1.54) is 0 Å². The molecule has 4 aromatic carbocycles. The summed E-state index contributed by atoms with van der Waals surface area (Å²) in [6.45, 7) is -0.292. The molecule has 41 heavy (non-hydrogen) atoms. The van der Waals surface area contributed by atoms with Gasteiger partial charge >= 0.3 is 11.9 Å². The number of carbonyl (C=O) groups excluding carboxylic acids is 4. The van der Waals surface area contributed by atoms with Gasteiger partial charge in [-0.3, -0.25) is 14.5 Å². The van der Waals surface area contributed by atoms with Crippen molar-refractivity contribution in [3.05, 3.63) is 143 Å². The van der Waals surface area contributed by atoms with E-state index in [2.05, 4.69) is 4.74 Å². The molecule has 0 saturated heterocycles. The van der Waals surface area contributed by atoms with Crippen LogP contribution in [0.15, 0.2) is 109 Å². The van der Waals surface area contributed by atoms with Crippen molar-refractivity contribution in [1.29, 1.82) is 0 Å². The van der Waals surface area contributed by atoms with E-state index >= 15 is 0 Å². The summed E-state index contributed by atoms with van der Waals surface area (Å²) in [5, 5.41) is 18.3. The largest absolute Gasteiger partial charge is 0.394 e. The molecule has 9 heteroatoms. The average molecular weight is 553 g/mol. The van der Waals surface area contributed by atoms with Gasteiger partial charge in [-0.15, -0.1) is 0 Å². The Morgan fingerprint density at radius 3 is 1.37 bits per heavy atom. The van der Waals surface area contributed by atoms with Crippen LogP contribution in [0.25, 0.3) is 0 Å². The minimum absolute atomic E-state index is 0.00398. The molecule has 0 aromatic heterocycles. The quantitative estimate of drug-likeness (QED) is 0.193. The number of aliphatic hydroxyl groups is 2. The lowest BCUT2D eigenvalue weighted by Crippen LogP contribution is -2.36. The van der Waals surface area contributed by atoms with Crippen LogP contribution in [-0.4, -0.2) is 52.1 Å². The number of rotatable bonds is 5. The maximum absolute atomic E-state index is 12.4. The first kappa shape index (κ1) is 29.0. The van der Waals surface area contributed by atoms with E-state index in [0.29, 0.717) is 22.3 Å². The van der Waals surface area contributed by atoms with Crippen LogP contribution < -0.4 is 5.73 Å². The molecule has 208 valence electrons. The van der Waals surface area contributed by atoms with Gasteiger partial charge in [-0.05, 0) is 35.4 Å². The fourth-order valence-electron chi connectivity index (χ4n) is 4.34. The van der Waals surface area contributed by atoms with Gasteiger partial charge in [0, 0.05) is 0 Å². The number of carbonyl (C=O) groups is 4. The zero-order chi connectivity index (χ0) is 29.4. The molecule has 6 rings (SSSR count). The summed E-state index contributed by atoms with van der Waals surface area (Å²) in [5.41, 5.74) is 8.77. The summed E-state index contributed by atoms with van der Waals surface area (Å²) in [7, 11) is 0. The molecule has 0 saturated carbocycles. The van der Waals surface area contributed by atoms with E-state index in [1.54, 1.807) is 60.7 Å². The Labute approximate surface area is 236 Å². The van der Waals surface area contributed by atoms with Crippen LogP contribution >= 0.6 is 0 Å². The van der Waals surface area contributed by atoms with Gasteiger partial charge in [-0.1, -0.05) is 84.9 Å². The van der Waals surface area contributed by atoms with Crippen molar-refractivity contribution in [2.45, 2.75) is 12.1 Å². The molecule has 0 spiro atoms. The van der Waals surface area contributed by atoms with Crippen LogP contribution in [0, 0.1) is 0 Å². The highest BCUT2D eigenvalue weighted by Crippen LogP contribution is 2.31. The minimum atomic E-state index is -0.649. The smallest absolute Gasteiger partial charge is 0.346 e. The summed E-state index contributed by atoms with van der Waals surface area (Å²) < 4.78 is 4.35. The summed E-state index contributed by atoms with van der Waals surface area (Å²) in [6.07, 6.45) is 0. The summed E-state index contributed by atoms with van der Waals surface area (Å²) >= 11 is 0. The Morgan fingerprint density at radius 1 is 0.561 bits per heavy atom. The second-order valence-corrected chi connectivity index (χ2v) is 9.06. The minimum Gasteiger partial charge on any atom is -0.394 e. The summed E-state index contributed by atoms with van der Waals surface area (Å²) in [4.78, 5) is 47.6. The zero-order valence-corrected chi connectivity index (χ0v) is 21.9. The molecule has 4 aromatic rings. The highest BCUT2D eigenvalue weighted by atomic mass is 16.6. The van der Waals surface area contributed by atoms with E-state index in [0.717, 1.165) is 16.0 Å². The Morgan fingerprint density at radius 2 is 0.951 bits per heavy atom. The first-order valence-electron chi connectivity index (χ1n) is 12.8. The van der Waals surface area contributed by atoms with Gasteiger partial charge in [-0.25, -0.2) is 9.59 Å². The van der Waals surface area contributed by atoms with Crippen LogP contribution in [0.1, 0.15) is 64.6 Å².